The van der Waals surface area contributed by atoms with E-state index < -0.39 is 0 Å². The number of anilines is 1. The van der Waals surface area contributed by atoms with Crippen LogP contribution in [0.4, 0.5) is 5.13 Å². The lowest BCUT2D eigenvalue weighted by atomic mass is 10.1. The van der Waals surface area contributed by atoms with Crippen LogP contribution in [0, 0.1) is 6.92 Å². The van der Waals surface area contributed by atoms with Crippen LogP contribution in [-0.2, 0) is 4.79 Å². The molecule has 0 unspecified atom stereocenters. The average Bonchev–Trinajstić information content (AvgIpc) is 3.57. The second kappa shape index (κ2) is 12.2. The van der Waals surface area contributed by atoms with E-state index in [2.05, 4.69) is 21.3 Å². The zero-order valence-electron chi connectivity index (χ0n) is 19.1. The molecule has 1 saturated heterocycles. The van der Waals surface area contributed by atoms with Gasteiger partial charge >= 0.3 is 0 Å². The summed E-state index contributed by atoms with van der Waals surface area (Å²) >= 11 is 4.03. The highest BCUT2D eigenvalue weighted by Crippen LogP contribution is 2.38. The predicted octanol–water partition coefficient (Wildman–Crippen LogP) is 4.43. The first kappa shape index (κ1) is 27.4. The molecule has 190 valence electrons. The number of hydrogen-bond donors (Lipinski definition) is 1. The van der Waals surface area contributed by atoms with Gasteiger partial charge in [-0.25, -0.2) is 9.36 Å². The molecule has 1 aliphatic rings. The zero-order chi connectivity index (χ0) is 24.9. The lowest BCUT2D eigenvalue weighted by molar-refractivity contribution is -0.127. The van der Waals surface area contributed by atoms with Crippen LogP contribution >= 0.6 is 34.6 Å². The molecule has 1 fully saturated rings. The third-order valence-corrected chi connectivity index (χ3v) is 8.15. The van der Waals surface area contributed by atoms with E-state index in [0.717, 1.165) is 14.7 Å². The number of carbonyl (C=O) groups is 3. The molecule has 0 atom stereocenters. The van der Waals surface area contributed by atoms with E-state index in [1.54, 1.807) is 28.5 Å². The lowest BCUT2D eigenvalue weighted by Crippen LogP contribution is -2.50. The van der Waals surface area contributed by atoms with Crippen molar-refractivity contribution in [1.82, 2.24) is 19.2 Å². The van der Waals surface area contributed by atoms with Crippen LogP contribution in [-0.4, -0.2) is 70.2 Å². The summed E-state index contributed by atoms with van der Waals surface area (Å²) in [5.74, 6) is -0.0250. The molecule has 9 nitrogen and oxygen atoms in total. The van der Waals surface area contributed by atoms with Crippen molar-refractivity contribution in [3.05, 3.63) is 59.3 Å². The molecule has 0 saturated carbocycles. The summed E-state index contributed by atoms with van der Waals surface area (Å²) in [6.07, 6.45) is 4.50. The third kappa shape index (κ3) is 6.12. The Balaban J connectivity index is 0.00000361. The van der Waals surface area contributed by atoms with E-state index in [-0.39, 0.29) is 25.1 Å². The molecule has 0 spiro atoms. The number of thiazole rings is 1. The Morgan fingerprint density at radius 2 is 1.89 bits per heavy atom. The van der Waals surface area contributed by atoms with Crippen molar-refractivity contribution in [3.8, 4) is 5.75 Å². The number of carbonyl (C=O) groups excluding carboxylic acids is 3. The van der Waals surface area contributed by atoms with Gasteiger partial charge in [-0.3, -0.25) is 19.7 Å². The standard InChI is InChI=1S/C23H23N5O4S3.CH4/c1-4-19(29)27-5-7-28(8-6-27)22(31)16-10-18(14(2)9-17(16)32-3)34-20-12-24-23(35-20)26-21(30)15-11-25-33-13-15;/h4,9-13H,1,5-8H2,2-3H3,(H,24,26,30);1H4. The number of aryl methyl sites for hydroxylation is 1. The highest BCUT2D eigenvalue weighted by molar-refractivity contribution is 8.01. The van der Waals surface area contributed by atoms with Crippen molar-refractivity contribution in [2.24, 2.45) is 0 Å². The van der Waals surface area contributed by atoms with Gasteiger partial charge in [-0.15, -0.1) is 0 Å². The number of nitrogens with zero attached hydrogens (tertiary/aromatic N) is 4. The molecule has 3 heterocycles. The second-order valence-corrected chi connectivity index (χ2v) is 10.6. The van der Waals surface area contributed by atoms with Crippen molar-refractivity contribution < 1.29 is 19.1 Å². The Morgan fingerprint density at radius 3 is 2.53 bits per heavy atom. The highest BCUT2D eigenvalue weighted by Gasteiger charge is 2.26. The van der Waals surface area contributed by atoms with Crippen LogP contribution in [0.3, 0.4) is 0 Å². The molecule has 0 radical (unpaired) electrons. The van der Waals surface area contributed by atoms with Crippen molar-refractivity contribution >= 4 is 57.5 Å². The smallest absolute Gasteiger partial charge is 0.259 e. The maximum atomic E-state index is 13.3. The number of methoxy groups -OCH3 is 1. The SMILES string of the molecule is C.C=CC(=O)N1CCN(C(=O)c2cc(Sc3cnc(NC(=O)c4cnsc4)s3)c(C)cc2OC)CC1. The van der Waals surface area contributed by atoms with Gasteiger partial charge in [-0.05, 0) is 42.2 Å². The number of ether oxygens (including phenoxy) is 1. The fourth-order valence-corrected chi connectivity index (χ4v) is 5.95. The fraction of sp³-hybridized carbons (Fsp3) is 0.292. The van der Waals surface area contributed by atoms with Gasteiger partial charge in [0, 0.05) is 36.5 Å². The summed E-state index contributed by atoms with van der Waals surface area (Å²) in [4.78, 5) is 46.0. The van der Waals surface area contributed by atoms with Gasteiger partial charge in [0.2, 0.25) is 5.91 Å². The number of aromatic nitrogens is 2. The molecule has 12 heteroatoms. The summed E-state index contributed by atoms with van der Waals surface area (Å²) in [5.41, 5.74) is 1.91. The topological polar surface area (TPSA) is 105 Å². The van der Waals surface area contributed by atoms with E-state index in [1.807, 2.05) is 19.1 Å². The van der Waals surface area contributed by atoms with Gasteiger partial charge in [-0.1, -0.05) is 37.1 Å². The van der Waals surface area contributed by atoms with Gasteiger partial charge in [0.05, 0.1) is 34.8 Å². The van der Waals surface area contributed by atoms with E-state index >= 15 is 0 Å². The van der Waals surface area contributed by atoms with Crippen LogP contribution < -0.4 is 10.1 Å². The molecule has 3 aromatic rings. The summed E-state index contributed by atoms with van der Waals surface area (Å²) in [6.45, 7) is 7.28. The monoisotopic (exact) mass is 545 g/mol. The van der Waals surface area contributed by atoms with Gasteiger partial charge in [-0.2, -0.15) is 0 Å². The van der Waals surface area contributed by atoms with Crippen LogP contribution in [0.1, 0.15) is 33.7 Å². The average molecular weight is 546 g/mol. The third-order valence-electron chi connectivity index (χ3n) is 5.39. The van der Waals surface area contributed by atoms with Crippen molar-refractivity contribution in [3.63, 3.8) is 0 Å². The normalized spacial score (nSPS) is 13.1. The number of hydrogen-bond acceptors (Lipinski definition) is 9. The second-order valence-electron chi connectivity index (χ2n) is 7.59. The Hall–Kier alpha value is -3.22. The van der Waals surface area contributed by atoms with E-state index in [0.29, 0.717) is 48.2 Å². The number of nitrogens with one attached hydrogen (secondary N) is 1. The largest absolute Gasteiger partial charge is 0.496 e. The van der Waals surface area contributed by atoms with Gasteiger partial charge in [0.15, 0.2) is 5.13 Å². The molecular weight excluding hydrogens is 518 g/mol. The van der Waals surface area contributed by atoms with Crippen molar-refractivity contribution in [1.29, 1.82) is 0 Å². The molecule has 1 N–H and O–H groups in total. The molecule has 1 aromatic carbocycles. The molecule has 0 aliphatic carbocycles. The fourth-order valence-electron chi connectivity index (χ4n) is 3.50. The van der Waals surface area contributed by atoms with Gasteiger partial charge in [0.1, 0.15) is 5.75 Å². The van der Waals surface area contributed by atoms with Gasteiger partial charge < -0.3 is 14.5 Å². The number of rotatable bonds is 7. The Bertz CT molecular complexity index is 1250. The summed E-state index contributed by atoms with van der Waals surface area (Å²) in [5, 5.41) is 4.94. The number of amides is 3. The first-order valence-corrected chi connectivity index (χ1v) is 13.1. The zero-order valence-corrected chi connectivity index (χ0v) is 21.6. The van der Waals surface area contributed by atoms with Crippen molar-refractivity contribution in [2.75, 3.05) is 38.6 Å². The molecular formula is C24H27N5O4S3. The Morgan fingerprint density at radius 1 is 1.17 bits per heavy atom. The Labute approximate surface area is 222 Å². The predicted molar refractivity (Wildman–Crippen MR) is 143 cm³/mol. The summed E-state index contributed by atoms with van der Waals surface area (Å²) in [7, 11) is 1.54. The quantitative estimate of drug-likeness (QED) is 0.438. The highest BCUT2D eigenvalue weighted by atomic mass is 32.2. The molecule has 3 amide bonds. The summed E-state index contributed by atoms with van der Waals surface area (Å²) in [6, 6.07) is 3.68. The van der Waals surface area contributed by atoms with E-state index in [9.17, 15) is 14.4 Å². The number of piperazine rings is 1. The van der Waals surface area contributed by atoms with Crippen LogP contribution in [0.25, 0.3) is 0 Å². The molecule has 4 rings (SSSR count). The minimum atomic E-state index is -0.256. The van der Waals surface area contributed by atoms with E-state index in [4.69, 9.17) is 4.74 Å². The molecule has 1 aliphatic heterocycles. The minimum Gasteiger partial charge on any atom is -0.496 e. The summed E-state index contributed by atoms with van der Waals surface area (Å²) < 4.78 is 10.3. The maximum absolute atomic E-state index is 13.3. The maximum Gasteiger partial charge on any atom is 0.259 e. The minimum absolute atomic E-state index is 0. The molecule has 2 aromatic heterocycles. The number of benzene rings is 1. The van der Waals surface area contributed by atoms with Crippen LogP contribution in [0.2, 0.25) is 0 Å². The van der Waals surface area contributed by atoms with Gasteiger partial charge in [0.25, 0.3) is 11.8 Å². The lowest BCUT2D eigenvalue weighted by Gasteiger charge is -2.34. The first-order chi connectivity index (χ1) is 16.9. The van der Waals surface area contributed by atoms with E-state index in [1.165, 1.54) is 46.9 Å². The molecule has 36 heavy (non-hydrogen) atoms. The molecule has 0 bridgehead atoms. The first-order valence-electron chi connectivity index (χ1n) is 10.6. The van der Waals surface area contributed by atoms with Crippen LogP contribution in [0.15, 0.2) is 51.7 Å². The van der Waals surface area contributed by atoms with Crippen LogP contribution in [0.5, 0.6) is 5.75 Å². The Kier molecular flexibility index (Phi) is 9.24. The van der Waals surface area contributed by atoms with Crippen molar-refractivity contribution in [2.45, 2.75) is 23.5 Å².